The summed E-state index contributed by atoms with van der Waals surface area (Å²) in [6.45, 7) is 57.1. The molecule has 13 saturated heterocycles. The highest BCUT2D eigenvalue weighted by atomic mass is 16.7. The first-order valence-corrected chi connectivity index (χ1v) is 41.7. The average molecular weight is 1390 g/mol. The molecule has 572 valence electrons. The maximum atomic E-state index is 11.7. The molecule has 33 atom stereocenters. The first-order chi connectivity index (χ1) is 46.4. The molecule has 0 aromatic carbocycles. The van der Waals surface area contributed by atoms with Crippen LogP contribution in [0.15, 0.2) is 0 Å². The second-order valence-corrected chi connectivity index (χ2v) is 39.1. The number of ketones is 1. The van der Waals surface area contributed by atoms with Crippen LogP contribution in [0.3, 0.4) is 0 Å². The van der Waals surface area contributed by atoms with Crippen molar-refractivity contribution in [2.75, 3.05) is 0 Å². The maximum absolute atomic E-state index is 11.7. The van der Waals surface area contributed by atoms with Gasteiger partial charge in [0.05, 0.1) is 121 Å². The predicted molar refractivity (Wildman–Crippen MR) is 390 cm³/mol. The maximum Gasteiger partial charge on any atom is 0.170 e. The Morgan fingerprint density at radius 3 is 1.05 bits per heavy atom. The van der Waals surface area contributed by atoms with Gasteiger partial charge < -0.3 is 61.6 Å². The molecule has 13 aliphatic heterocycles. The standard InChI is InChI=1S/C29H50O5.C29H52O4.C27H46O5/c1-9-18(6)21-10-23-22(30-21)11-24-26(31-23)19(7)13-29(32-24)14-20(8)27-25(33-29)15-28(34-27,17(4)5)12-16(2)3;1-10-19(6)11-20(7)23-12-24-26(30-23)21(8)14-29(31-24)15-22(9)27-25(32-29)16-28(33-27,18(4)5)13-17(2)3;1-15(2)11-26(16(3)4)14-23-25(32-26)19(7)13-27(31-23)12-18(6)24-22(30-27)9-17(5)21(29-24)10-20(8)28/h16-27H,9-15H2,1-8H3;17-27H,10-16H2,1-9H3;15-19,21-25H,9-14H2,1-8H3/t18-,19-,20-,21+,22+,23+,24-,25-,26-,27-,28-,29+;19-,20-,21-,22-,23-,24-,25-,26-,27-,28-,29+;17-,18+,19+,21-,22+,23+,24+,25+,26+,27-/m001/s1. The van der Waals surface area contributed by atoms with E-state index in [-0.39, 0.29) is 114 Å². The fraction of sp³-hybridized carbons (Fsp3) is 0.988. The normalized spacial score (nSPS) is 49.2. The molecule has 0 aromatic rings. The molecule has 13 heterocycles. The van der Waals surface area contributed by atoms with E-state index in [9.17, 15) is 4.79 Å². The Balaban J connectivity index is 0.000000150. The highest BCUT2D eigenvalue weighted by Gasteiger charge is 2.65. The number of fused-ring (bicyclic) bond motifs is 7. The summed E-state index contributed by atoms with van der Waals surface area (Å²) in [6, 6.07) is 0. The first-order valence-electron chi connectivity index (χ1n) is 41.7. The highest BCUT2D eigenvalue weighted by Crippen LogP contribution is 2.59. The molecular formula is C85H148O14. The zero-order chi connectivity index (χ0) is 72.0. The van der Waals surface area contributed by atoms with Crippen LogP contribution in [0, 0.1) is 94.7 Å². The molecule has 0 amide bonds. The van der Waals surface area contributed by atoms with E-state index in [2.05, 4.69) is 166 Å². The number of ether oxygens (including phenoxy) is 13. The van der Waals surface area contributed by atoms with Crippen molar-refractivity contribution in [3.63, 3.8) is 0 Å². The molecule has 0 unspecified atom stereocenters. The van der Waals surface area contributed by atoms with E-state index in [1.807, 2.05) is 0 Å². The lowest BCUT2D eigenvalue weighted by atomic mass is 9.76. The number of hydrogen-bond donors (Lipinski definition) is 0. The Bertz CT molecular complexity index is 2630. The van der Waals surface area contributed by atoms with Gasteiger partial charge in [-0.05, 0) is 134 Å². The van der Waals surface area contributed by atoms with Crippen LogP contribution in [0.1, 0.15) is 302 Å². The van der Waals surface area contributed by atoms with E-state index >= 15 is 0 Å². The van der Waals surface area contributed by atoms with Crippen LogP contribution in [-0.4, -0.2) is 144 Å². The van der Waals surface area contributed by atoms with Gasteiger partial charge in [-0.1, -0.05) is 179 Å². The predicted octanol–water partition coefficient (Wildman–Crippen LogP) is 18.7. The summed E-state index contributed by atoms with van der Waals surface area (Å²) in [6.07, 6.45) is 22.2. The Labute approximate surface area is 603 Å². The van der Waals surface area contributed by atoms with Gasteiger partial charge >= 0.3 is 0 Å². The van der Waals surface area contributed by atoms with E-state index in [0.29, 0.717) is 107 Å². The summed E-state index contributed by atoms with van der Waals surface area (Å²) in [7, 11) is 0. The molecule has 3 spiro atoms. The quantitative estimate of drug-likeness (QED) is 0.137. The summed E-state index contributed by atoms with van der Waals surface area (Å²) in [4.78, 5) is 11.7. The van der Waals surface area contributed by atoms with Gasteiger partial charge in [-0.25, -0.2) is 0 Å². The molecule has 13 rings (SSSR count). The molecule has 14 nitrogen and oxygen atoms in total. The van der Waals surface area contributed by atoms with Crippen molar-refractivity contribution < 1.29 is 66.4 Å². The van der Waals surface area contributed by atoms with E-state index in [1.54, 1.807) is 6.92 Å². The molecule has 0 bridgehead atoms. The van der Waals surface area contributed by atoms with Crippen molar-refractivity contribution in [1.29, 1.82) is 0 Å². The van der Waals surface area contributed by atoms with Crippen LogP contribution in [0.4, 0.5) is 0 Å². The molecule has 13 fully saturated rings. The van der Waals surface area contributed by atoms with E-state index in [4.69, 9.17) is 61.6 Å². The molecule has 0 saturated carbocycles. The first kappa shape index (κ1) is 79.2. The lowest BCUT2D eigenvalue weighted by molar-refractivity contribution is -0.368. The van der Waals surface area contributed by atoms with Crippen molar-refractivity contribution in [1.82, 2.24) is 0 Å². The lowest BCUT2D eigenvalue weighted by Gasteiger charge is -2.55. The second-order valence-electron chi connectivity index (χ2n) is 39.1. The van der Waals surface area contributed by atoms with Crippen LogP contribution in [-0.2, 0) is 66.4 Å². The zero-order valence-electron chi connectivity index (χ0n) is 67.4. The minimum atomic E-state index is -0.536. The number of hydrogen-bond acceptors (Lipinski definition) is 14. The minimum Gasteiger partial charge on any atom is -0.372 e. The summed E-state index contributed by atoms with van der Waals surface area (Å²) >= 11 is 0. The highest BCUT2D eigenvalue weighted by molar-refractivity contribution is 5.76. The zero-order valence-corrected chi connectivity index (χ0v) is 67.4. The van der Waals surface area contributed by atoms with Crippen LogP contribution in [0.2, 0.25) is 0 Å². The van der Waals surface area contributed by atoms with Gasteiger partial charge in [0.25, 0.3) is 0 Å². The monoisotopic (exact) mass is 1390 g/mol. The Morgan fingerprint density at radius 2 is 0.677 bits per heavy atom. The Kier molecular flexibility index (Phi) is 24.8. The van der Waals surface area contributed by atoms with Crippen LogP contribution in [0.25, 0.3) is 0 Å². The van der Waals surface area contributed by atoms with Gasteiger partial charge in [0, 0.05) is 83.5 Å². The summed E-state index contributed by atoms with van der Waals surface area (Å²) < 4.78 is 88.3. The van der Waals surface area contributed by atoms with Crippen LogP contribution < -0.4 is 0 Å². The third-order valence-electron chi connectivity index (χ3n) is 28.0. The topological polar surface area (TPSA) is 137 Å². The summed E-state index contributed by atoms with van der Waals surface area (Å²) in [5, 5.41) is 0. The summed E-state index contributed by atoms with van der Waals surface area (Å²) in [5.41, 5.74) is -0.260. The molecule has 0 aromatic heterocycles. The Morgan fingerprint density at radius 1 is 0.343 bits per heavy atom. The van der Waals surface area contributed by atoms with Gasteiger partial charge in [-0.2, -0.15) is 0 Å². The second kappa shape index (κ2) is 31.0. The fourth-order valence-electron chi connectivity index (χ4n) is 22.7. The molecule has 13 aliphatic rings. The van der Waals surface area contributed by atoms with Crippen molar-refractivity contribution in [3.05, 3.63) is 0 Å². The molecule has 14 heteroatoms. The fourth-order valence-corrected chi connectivity index (χ4v) is 22.7. The lowest BCUT2D eigenvalue weighted by Crippen LogP contribution is -2.62. The third-order valence-corrected chi connectivity index (χ3v) is 28.0. The van der Waals surface area contributed by atoms with Gasteiger partial charge in [0.15, 0.2) is 17.4 Å². The van der Waals surface area contributed by atoms with Crippen LogP contribution in [0.5, 0.6) is 0 Å². The van der Waals surface area contributed by atoms with Crippen molar-refractivity contribution >= 4 is 5.78 Å². The SMILES string of the molecule is CC(=O)C[C@H]1O[C@@H]2[C@H](C[C@H]1C)O[C@@]1(C[C@@H]2C)C[C@H](C)[C@@H]2O[C@](CC(C)C)(C(C)C)C[C@@H]2O1.CC[C@H](C)C[C@H](C)[C@@H]1C[C@@H]2O[C@@]3(C[C@H](C)[C@@H]2O1)C[C@H](C)[C@@H]1O[C@](CC(C)C)(C(C)C)C[C@@H]1O3.CC[C@H](C)[C@H]1C[C@H]2O[C@@H]3[C@H](C[C@H]2O1)O[C@@]1(C[C@@H]3C)C[C@H](C)[C@@H]2O[C@](CC(C)C)(C(C)C)C[C@@H]2O1. The van der Waals surface area contributed by atoms with E-state index in [1.165, 1.54) is 12.8 Å². The smallest absolute Gasteiger partial charge is 0.170 e. The molecule has 0 N–H and O–H groups in total. The number of carbonyl (C=O) groups is 1. The van der Waals surface area contributed by atoms with Crippen molar-refractivity contribution in [2.45, 2.75) is 439 Å². The van der Waals surface area contributed by atoms with Gasteiger partial charge in [0.2, 0.25) is 0 Å². The Hall–Kier alpha value is -0.850. The number of carbonyl (C=O) groups excluding carboxylic acids is 1. The minimum absolute atomic E-state index is 0.00959. The number of Topliss-reactive ketones (excluding diaryl/α,β-unsaturated/α-hetero) is 1. The molecule has 99 heavy (non-hydrogen) atoms. The van der Waals surface area contributed by atoms with Crippen LogP contribution >= 0.6 is 0 Å². The van der Waals surface area contributed by atoms with Gasteiger partial charge in [-0.15, -0.1) is 0 Å². The van der Waals surface area contributed by atoms with Gasteiger partial charge in [-0.3, -0.25) is 4.79 Å². The van der Waals surface area contributed by atoms with E-state index in [0.717, 1.165) is 115 Å². The number of rotatable bonds is 17. The molecule has 0 aliphatic carbocycles. The largest absolute Gasteiger partial charge is 0.372 e. The summed E-state index contributed by atoms with van der Waals surface area (Å²) in [5.74, 6) is 6.65. The van der Waals surface area contributed by atoms with Crippen molar-refractivity contribution in [2.24, 2.45) is 94.7 Å². The van der Waals surface area contributed by atoms with Gasteiger partial charge in [0.1, 0.15) is 5.78 Å². The average Bonchev–Trinajstić information content (AvgIpc) is 1.70. The van der Waals surface area contributed by atoms with E-state index < -0.39 is 17.4 Å². The van der Waals surface area contributed by atoms with Crippen molar-refractivity contribution in [3.8, 4) is 0 Å². The molecule has 0 radical (unpaired) electrons. The third kappa shape index (κ3) is 16.6. The molecular weight excluding hydrogens is 1240 g/mol.